The molecular formula is C15H17BrN2O2S. The van der Waals surface area contributed by atoms with E-state index in [9.17, 15) is 8.42 Å². The summed E-state index contributed by atoms with van der Waals surface area (Å²) in [6.07, 6.45) is 0. The molecule has 2 aromatic rings. The molecule has 0 aliphatic carbocycles. The van der Waals surface area contributed by atoms with E-state index in [4.69, 9.17) is 5.73 Å². The van der Waals surface area contributed by atoms with Crippen LogP contribution in [0.25, 0.3) is 0 Å². The van der Waals surface area contributed by atoms with Gasteiger partial charge in [-0.1, -0.05) is 29.8 Å². The fourth-order valence-electron chi connectivity index (χ4n) is 2.05. The van der Waals surface area contributed by atoms with Crippen molar-refractivity contribution >= 4 is 31.6 Å². The molecule has 0 aliphatic heterocycles. The molecule has 4 nitrogen and oxygen atoms in total. The van der Waals surface area contributed by atoms with Crippen LogP contribution in [0.2, 0.25) is 0 Å². The van der Waals surface area contributed by atoms with Crippen molar-refractivity contribution in [2.75, 3.05) is 12.8 Å². The molecule has 2 rings (SSSR count). The average Bonchev–Trinajstić information content (AvgIpc) is 2.38. The lowest BCUT2D eigenvalue weighted by atomic mass is 10.1. The van der Waals surface area contributed by atoms with Gasteiger partial charge in [-0.3, -0.25) is 0 Å². The van der Waals surface area contributed by atoms with Crippen molar-refractivity contribution in [3.8, 4) is 0 Å². The van der Waals surface area contributed by atoms with Crippen molar-refractivity contribution < 1.29 is 8.42 Å². The van der Waals surface area contributed by atoms with E-state index >= 15 is 0 Å². The molecule has 0 heterocycles. The lowest BCUT2D eigenvalue weighted by Gasteiger charge is -2.18. The number of nitrogens with two attached hydrogens (primary N) is 1. The zero-order chi connectivity index (χ0) is 15.6. The normalized spacial score (nSPS) is 11.8. The fourth-order valence-corrected chi connectivity index (χ4v) is 4.26. The molecule has 0 fully saturated rings. The topological polar surface area (TPSA) is 63.4 Å². The SMILES string of the molecule is Cc1cccc(CN(C)S(=O)(=O)c2ccc(N)cc2Br)c1. The van der Waals surface area contributed by atoms with Gasteiger partial charge in [0.05, 0.1) is 4.90 Å². The second kappa shape index (κ2) is 6.17. The second-order valence-electron chi connectivity index (χ2n) is 4.94. The van der Waals surface area contributed by atoms with Crippen molar-refractivity contribution in [1.82, 2.24) is 4.31 Å². The van der Waals surface area contributed by atoms with Crippen molar-refractivity contribution in [1.29, 1.82) is 0 Å². The Hall–Kier alpha value is -1.37. The maximum atomic E-state index is 12.6. The number of sulfonamides is 1. The van der Waals surface area contributed by atoms with Crippen LogP contribution in [0.3, 0.4) is 0 Å². The fraction of sp³-hybridized carbons (Fsp3) is 0.200. The molecule has 0 bridgehead atoms. The Bertz CT molecular complexity index is 760. The van der Waals surface area contributed by atoms with Gasteiger partial charge < -0.3 is 5.73 Å². The van der Waals surface area contributed by atoms with Crippen molar-refractivity contribution in [2.24, 2.45) is 0 Å². The van der Waals surface area contributed by atoms with Crippen LogP contribution in [-0.4, -0.2) is 19.8 Å². The summed E-state index contributed by atoms with van der Waals surface area (Å²) in [6.45, 7) is 2.30. The Morgan fingerprint density at radius 1 is 1.19 bits per heavy atom. The molecule has 0 unspecified atom stereocenters. The van der Waals surface area contributed by atoms with Gasteiger partial charge >= 0.3 is 0 Å². The molecule has 0 saturated heterocycles. The standard InChI is InChI=1S/C15H17BrN2O2S/c1-11-4-3-5-12(8-11)10-18(2)21(19,20)15-7-6-13(17)9-14(15)16/h3-9H,10,17H2,1-2H3. The number of hydrogen-bond donors (Lipinski definition) is 1. The Morgan fingerprint density at radius 3 is 2.52 bits per heavy atom. The van der Waals surface area contributed by atoms with Crippen LogP contribution in [0.4, 0.5) is 5.69 Å². The maximum Gasteiger partial charge on any atom is 0.244 e. The van der Waals surface area contributed by atoms with Crippen LogP contribution in [0, 0.1) is 6.92 Å². The molecule has 0 atom stereocenters. The summed E-state index contributed by atoms with van der Waals surface area (Å²) in [6, 6.07) is 12.5. The Morgan fingerprint density at radius 2 is 1.90 bits per heavy atom. The Balaban J connectivity index is 2.30. The van der Waals surface area contributed by atoms with Gasteiger partial charge in [0.1, 0.15) is 0 Å². The molecule has 6 heteroatoms. The number of benzene rings is 2. The van der Waals surface area contributed by atoms with Crippen molar-refractivity contribution in [2.45, 2.75) is 18.4 Å². The third-order valence-corrected chi connectivity index (χ3v) is 5.91. The molecule has 2 aromatic carbocycles. The first kappa shape index (κ1) is 16.0. The van der Waals surface area contributed by atoms with Gasteiger partial charge in [-0.2, -0.15) is 4.31 Å². The zero-order valence-electron chi connectivity index (χ0n) is 11.9. The van der Waals surface area contributed by atoms with E-state index < -0.39 is 10.0 Å². The monoisotopic (exact) mass is 368 g/mol. The van der Waals surface area contributed by atoms with E-state index in [2.05, 4.69) is 15.9 Å². The molecule has 0 aromatic heterocycles. The van der Waals surface area contributed by atoms with Gasteiger partial charge in [-0.15, -0.1) is 0 Å². The predicted octanol–water partition coefficient (Wildman–Crippen LogP) is 3.16. The number of anilines is 1. The number of halogens is 1. The third-order valence-electron chi connectivity index (χ3n) is 3.13. The summed E-state index contributed by atoms with van der Waals surface area (Å²) in [5.74, 6) is 0. The van der Waals surface area contributed by atoms with E-state index in [1.54, 1.807) is 19.2 Å². The molecule has 0 radical (unpaired) electrons. The van der Waals surface area contributed by atoms with Gasteiger partial charge in [-0.25, -0.2) is 8.42 Å². The highest BCUT2D eigenvalue weighted by Crippen LogP contribution is 2.27. The highest BCUT2D eigenvalue weighted by molar-refractivity contribution is 9.10. The van der Waals surface area contributed by atoms with E-state index in [0.717, 1.165) is 11.1 Å². The van der Waals surface area contributed by atoms with Crippen LogP contribution in [0.15, 0.2) is 51.8 Å². The summed E-state index contributed by atoms with van der Waals surface area (Å²) in [5, 5.41) is 0. The molecule has 0 spiro atoms. The number of aryl methyl sites for hydroxylation is 1. The Labute approximate surface area is 133 Å². The van der Waals surface area contributed by atoms with Crippen LogP contribution in [0.5, 0.6) is 0 Å². The minimum absolute atomic E-state index is 0.215. The summed E-state index contributed by atoms with van der Waals surface area (Å²) in [4.78, 5) is 0.215. The van der Waals surface area contributed by atoms with Crippen molar-refractivity contribution in [3.63, 3.8) is 0 Å². The van der Waals surface area contributed by atoms with Crippen LogP contribution in [0.1, 0.15) is 11.1 Å². The van der Waals surface area contributed by atoms with Crippen LogP contribution < -0.4 is 5.73 Å². The number of nitrogen functional groups attached to an aromatic ring is 1. The summed E-state index contributed by atoms with van der Waals surface area (Å²) in [5.41, 5.74) is 8.22. The van der Waals surface area contributed by atoms with E-state index in [1.165, 1.54) is 10.4 Å². The van der Waals surface area contributed by atoms with Crippen LogP contribution >= 0.6 is 15.9 Å². The molecule has 0 aliphatic rings. The van der Waals surface area contributed by atoms with Crippen LogP contribution in [-0.2, 0) is 16.6 Å². The van der Waals surface area contributed by atoms with Gasteiger partial charge in [0.25, 0.3) is 0 Å². The van der Waals surface area contributed by atoms with Crippen molar-refractivity contribution in [3.05, 3.63) is 58.1 Å². The number of nitrogens with zero attached hydrogens (tertiary/aromatic N) is 1. The van der Waals surface area contributed by atoms with Gasteiger partial charge in [-0.05, 0) is 46.6 Å². The second-order valence-corrected chi connectivity index (χ2v) is 7.81. The first-order chi connectivity index (χ1) is 9.80. The predicted molar refractivity (Wildman–Crippen MR) is 88.4 cm³/mol. The highest BCUT2D eigenvalue weighted by atomic mass is 79.9. The number of rotatable bonds is 4. The molecular weight excluding hydrogens is 352 g/mol. The quantitative estimate of drug-likeness (QED) is 0.842. The third kappa shape index (κ3) is 3.64. The maximum absolute atomic E-state index is 12.6. The molecule has 112 valence electrons. The smallest absolute Gasteiger partial charge is 0.244 e. The first-order valence-corrected chi connectivity index (χ1v) is 8.61. The number of hydrogen-bond acceptors (Lipinski definition) is 3. The van der Waals surface area contributed by atoms with E-state index in [1.807, 2.05) is 31.2 Å². The highest BCUT2D eigenvalue weighted by Gasteiger charge is 2.23. The summed E-state index contributed by atoms with van der Waals surface area (Å²) < 4.78 is 27.0. The summed E-state index contributed by atoms with van der Waals surface area (Å²) in [7, 11) is -2.00. The lowest BCUT2D eigenvalue weighted by Crippen LogP contribution is -2.26. The van der Waals surface area contributed by atoms with Gasteiger partial charge in [0.2, 0.25) is 10.0 Å². The molecule has 0 amide bonds. The minimum Gasteiger partial charge on any atom is -0.399 e. The zero-order valence-corrected chi connectivity index (χ0v) is 14.3. The largest absolute Gasteiger partial charge is 0.399 e. The van der Waals surface area contributed by atoms with Gasteiger partial charge in [0, 0.05) is 23.8 Å². The van der Waals surface area contributed by atoms with E-state index in [-0.39, 0.29) is 4.90 Å². The molecule has 21 heavy (non-hydrogen) atoms. The Kier molecular flexibility index (Phi) is 4.70. The van der Waals surface area contributed by atoms with Gasteiger partial charge in [0.15, 0.2) is 0 Å². The minimum atomic E-state index is -3.57. The first-order valence-electron chi connectivity index (χ1n) is 6.37. The lowest BCUT2D eigenvalue weighted by molar-refractivity contribution is 0.466. The van der Waals surface area contributed by atoms with E-state index in [0.29, 0.717) is 16.7 Å². The molecule has 0 saturated carbocycles. The summed E-state index contributed by atoms with van der Waals surface area (Å²) >= 11 is 3.26. The average molecular weight is 369 g/mol. The molecule has 2 N–H and O–H groups in total.